The molecule has 1 unspecified atom stereocenters. The number of carboxylic acids is 2. The van der Waals surface area contributed by atoms with Crippen LogP contribution in [0.2, 0.25) is 0 Å². The molecule has 0 saturated carbocycles. The number of nitrogens with two attached hydrogens (primary N) is 1. The van der Waals surface area contributed by atoms with Gasteiger partial charge < -0.3 is 30.9 Å². The molecule has 0 fully saturated rings. The van der Waals surface area contributed by atoms with E-state index in [0.29, 0.717) is 9.99 Å². The minimum Gasteiger partial charge on any atom is -0.508 e. The van der Waals surface area contributed by atoms with Crippen molar-refractivity contribution >= 4 is 40.5 Å². The first-order valence-corrected chi connectivity index (χ1v) is 10.8. The monoisotopic (exact) mass is 559 g/mol. The number of halogens is 1. The summed E-state index contributed by atoms with van der Waals surface area (Å²) in [5, 5.41) is 35.9. The Bertz CT molecular complexity index is 917. The van der Waals surface area contributed by atoms with Crippen molar-refractivity contribution in [1.82, 2.24) is 0 Å². The Labute approximate surface area is 199 Å². The SMILES string of the molecule is CCOC(=O)C(CCc1ccc(O)c(I)c1)C(=O)O.N[C@@H](Cc1ccc(O)cc1)C(=O)O. The fourth-order valence-corrected chi connectivity index (χ4v) is 3.15. The molecular weight excluding hydrogens is 533 g/mol. The maximum Gasteiger partial charge on any atom is 0.320 e. The molecule has 0 heterocycles. The third-order valence-electron chi connectivity index (χ3n) is 4.31. The van der Waals surface area contributed by atoms with Crippen LogP contribution in [0.1, 0.15) is 24.5 Å². The van der Waals surface area contributed by atoms with Crippen LogP contribution in [0, 0.1) is 9.49 Å². The van der Waals surface area contributed by atoms with Gasteiger partial charge in [-0.1, -0.05) is 18.2 Å². The van der Waals surface area contributed by atoms with E-state index >= 15 is 0 Å². The van der Waals surface area contributed by atoms with Gasteiger partial charge in [0.05, 0.1) is 10.2 Å². The molecule has 2 aromatic rings. The van der Waals surface area contributed by atoms with Crippen LogP contribution in [0.15, 0.2) is 42.5 Å². The predicted octanol–water partition coefficient (Wildman–Crippen LogP) is 2.54. The summed E-state index contributed by atoms with van der Waals surface area (Å²) in [5.41, 5.74) is 7.00. The van der Waals surface area contributed by atoms with Crippen LogP contribution in [0.25, 0.3) is 0 Å². The van der Waals surface area contributed by atoms with Crippen LogP contribution in [-0.4, -0.2) is 51.0 Å². The molecule has 6 N–H and O–H groups in total. The van der Waals surface area contributed by atoms with Gasteiger partial charge in [0, 0.05) is 0 Å². The van der Waals surface area contributed by atoms with Crippen LogP contribution in [-0.2, 0) is 32.0 Å². The normalized spacial score (nSPS) is 12.1. The van der Waals surface area contributed by atoms with Gasteiger partial charge in [-0.3, -0.25) is 14.4 Å². The first-order valence-electron chi connectivity index (χ1n) is 9.68. The molecule has 2 rings (SSSR count). The van der Waals surface area contributed by atoms with Gasteiger partial charge in [0.2, 0.25) is 0 Å². The largest absolute Gasteiger partial charge is 0.508 e. The van der Waals surface area contributed by atoms with Crippen molar-refractivity contribution in [2.75, 3.05) is 6.61 Å². The van der Waals surface area contributed by atoms with Gasteiger partial charge in [-0.15, -0.1) is 0 Å². The van der Waals surface area contributed by atoms with E-state index in [-0.39, 0.29) is 30.9 Å². The van der Waals surface area contributed by atoms with Crippen LogP contribution in [0.3, 0.4) is 0 Å². The molecule has 0 aromatic heterocycles. The van der Waals surface area contributed by atoms with Crippen LogP contribution in [0.5, 0.6) is 11.5 Å². The first-order chi connectivity index (χ1) is 15.0. The number of carbonyl (C=O) groups excluding carboxylic acids is 1. The molecule has 2 atom stereocenters. The zero-order valence-electron chi connectivity index (χ0n) is 17.4. The minimum atomic E-state index is -1.17. The van der Waals surface area contributed by atoms with E-state index in [1.165, 1.54) is 12.1 Å². The smallest absolute Gasteiger partial charge is 0.320 e. The molecule has 0 spiro atoms. The fraction of sp³-hybridized carbons (Fsp3) is 0.318. The first kappa shape index (κ1) is 27.2. The summed E-state index contributed by atoms with van der Waals surface area (Å²) < 4.78 is 5.43. The predicted molar refractivity (Wildman–Crippen MR) is 124 cm³/mol. The van der Waals surface area contributed by atoms with Gasteiger partial charge >= 0.3 is 17.9 Å². The number of aromatic hydroxyl groups is 2. The van der Waals surface area contributed by atoms with Crippen LogP contribution >= 0.6 is 22.6 Å². The Morgan fingerprint density at radius 3 is 2.09 bits per heavy atom. The number of phenolic OH excluding ortho intramolecular Hbond substituents is 2. The molecule has 0 aliphatic carbocycles. The van der Waals surface area contributed by atoms with Gasteiger partial charge in [0.1, 0.15) is 17.5 Å². The Morgan fingerprint density at radius 2 is 1.59 bits per heavy atom. The maximum atomic E-state index is 11.5. The van der Waals surface area contributed by atoms with E-state index in [1.807, 2.05) is 22.6 Å². The molecule has 0 amide bonds. The number of ether oxygens (including phenoxy) is 1. The van der Waals surface area contributed by atoms with E-state index in [2.05, 4.69) is 0 Å². The molecule has 2 aromatic carbocycles. The van der Waals surface area contributed by atoms with E-state index in [1.54, 1.807) is 37.3 Å². The van der Waals surface area contributed by atoms with Crippen molar-refractivity contribution in [3.05, 3.63) is 57.2 Å². The van der Waals surface area contributed by atoms with Gasteiger partial charge in [-0.25, -0.2) is 0 Å². The maximum absolute atomic E-state index is 11.5. The average Bonchev–Trinajstić information content (AvgIpc) is 2.72. The van der Waals surface area contributed by atoms with E-state index in [0.717, 1.165) is 11.1 Å². The third-order valence-corrected chi connectivity index (χ3v) is 5.18. The number of aryl methyl sites for hydroxylation is 1. The van der Waals surface area contributed by atoms with Gasteiger partial charge in [0.25, 0.3) is 0 Å². The molecule has 0 radical (unpaired) electrons. The molecule has 0 aliphatic heterocycles. The highest BCUT2D eigenvalue weighted by Gasteiger charge is 2.27. The highest BCUT2D eigenvalue weighted by atomic mass is 127. The summed E-state index contributed by atoms with van der Waals surface area (Å²) in [6.45, 7) is 1.80. The Kier molecular flexibility index (Phi) is 11.5. The molecule has 0 saturated heterocycles. The van der Waals surface area contributed by atoms with Crippen molar-refractivity contribution in [3.8, 4) is 11.5 Å². The summed E-state index contributed by atoms with van der Waals surface area (Å²) >= 11 is 1.99. The van der Waals surface area contributed by atoms with Crippen molar-refractivity contribution in [2.24, 2.45) is 11.7 Å². The highest BCUT2D eigenvalue weighted by molar-refractivity contribution is 14.1. The van der Waals surface area contributed by atoms with Crippen molar-refractivity contribution < 1.29 is 39.5 Å². The summed E-state index contributed by atoms with van der Waals surface area (Å²) in [6.07, 6.45) is 0.886. The number of carbonyl (C=O) groups is 3. The number of hydrogen-bond acceptors (Lipinski definition) is 7. The number of esters is 1. The summed E-state index contributed by atoms with van der Waals surface area (Å²) in [5.74, 6) is -3.70. The molecule has 10 heteroatoms. The quantitative estimate of drug-likeness (QED) is 0.176. The zero-order valence-corrected chi connectivity index (χ0v) is 19.6. The summed E-state index contributed by atoms with van der Waals surface area (Å²) in [4.78, 5) is 32.9. The van der Waals surface area contributed by atoms with Gasteiger partial charge in [0.15, 0.2) is 5.92 Å². The van der Waals surface area contributed by atoms with Crippen molar-refractivity contribution in [3.63, 3.8) is 0 Å². The second-order valence-corrected chi connectivity index (χ2v) is 7.94. The lowest BCUT2D eigenvalue weighted by atomic mass is 9.99. The Hall–Kier alpha value is -2.86. The van der Waals surface area contributed by atoms with E-state index in [4.69, 9.17) is 25.8 Å². The highest BCUT2D eigenvalue weighted by Crippen LogP contribution is 2.22. The number of rotatable bonds is 9. The lowest BCUT2D eigenvalue weighted by molar-refractivity contribution is -0.158. The Morgan fingerprint density at radius 1 is 1.00 bits per heavy atom. The van der Waals surface area contributed by atoms with Crippen molar-refractivity contribution in [2.45, 2.75) is 32.2 Å². The fourth-order valence-electron chi connectivity index (χ4n) is 2.58. The summed E-state index contributed by atoms with van der Waals surface area (Å²) in [7, 11) is 0. The molecule has 0 aliphatic rings. The minimum absolute atomic E-state index is 0.160. The number of aliphatic carboxylic acids is 2. The topological polar surface area (TPSA) is 167 Å². The summed E-state index contributed by atoms with van der Waals surface area (Å²) in [6, 6.07) is 10.5. The average molecular weight is 559 g/mol. The molecular formula is C22H26INO8. The molecule has 174 valence electrons. The van der Waals surface area contributed by atoms with Crippen LogP contribution < -0.4 is 5.73 Å². The molecule has 0 bridgehead atoms. The second-order valence-electron chi connectivity index (χ2n) is 6.78. The third kappa shape index (κ3) is 9.52. The zero-order chi connectivity index (χ0) is 24.3. The van der Waals surface area contributed by atoms with E-state index < -0.39 is 29.9 Å². The van der Waals surface area contributed by atoms with E-state index in [9.17, 15) is 19.5 Å². The lowest BCUT2D eigenvalue weighted by Crippen LogP contribution is -2.32. The number of hydrogen-bond donors (Lipinski definition) is 5. The standard InChI is InChI=1S/C13H15IO5.C9H11NO3/c1-2-19-13(18)9(12(16)17)5-3-8-4-6-11(15)10(14)7-8;10-8(9(12)13)5-6-1-3-7(11)4-2-6/h4,6-7,9,15H,2-3,5H2,1H3,(H,16,17);1-4,8,11H,5,10H2,(H,12,13)/t;8-/m.0/s1. The van der Waals surface area contributed by atoms with Gasteiger partial charge in [-0.05, 0) is 84.2 Å². The number of benzene rings is 2. The number of carboxylic acid groups (broad SMARTS) is 2. The lowest BCUT2D eigenvalue weighted by Gasteiger charge is -2.11. The van der Waals surface area contributed by atoms with Crippen molar-refractivity contribution in [1.29, 1.82) is 0 Å². The number of phenols is 2. The molecule has 9 nitrogen and oxygen atoms in total. The second kappa shape index (κ2) is 13.5. The van der Waals surface area contributed by atoms with Crippen LogP contribution in [0.4, 0.5) is 0 Å². The van der Waals surface area contributed by atoms with Gasteiger partial charge in [-0.2, -0.15) is 0 Å². The molecule has 32 heavy (non-hydrogen) atoms. The Balaban J connectivity index is 0.000000343.